The van der Waals surface area contributed by atoms with Gasteiger partial charge in [0, 0.05) is 53.6 Å². The lowest BCUT2D eigenvalue weighted by Gasteiger charge is -2.27. The third kappa shape index (κ3) is 4.50. The molecule has 0 N–H and O–H groups in total. The molecule has 0 saturated carbocycles. The Morgan fingerprint density at radius 2 is 0.975 bits per heavy atom. The van der Waals surface area contributed by atoms with Crippen molar-refractivity contribution in [1.29, 1.82) is 0 Å². The number of rotatable bonds is 6. The van der Waals surface area contributed by atoms with Crippen LogP contribution < -0.4 is 9.80 Å². The monoisotopic (exact) mass is 552 g/mol. The van der Waals surface area contributed by atoms with Gasteiger partial charge in [-0.2, -0.15) is 0 Å². The van der Waals surface area contributed by atoms with E-state index in [1.54, 1.807) is 0 Å². The Hall–Kier alpha value is -4.57. The lowest BCUT2D eigenvalue weighted by molar-refractivity contribution is 1.29. The van der Waals surface area contributed by atoms with Crippen molar-refractivity contribution in [3.63, 3.8) is 0 Å². The third-order valence-corrected chi connectivity index (χ3v) is 8.44. The summed E-state index contributed by atoms with van der Waals surface area (Å²) in [6.07, 6.45) is 0. The SMILES string of the molecule is Clc1cccc(N(c2ccccc2)c2ccc3sc4cccc(N(c5ccccc5)c5ccccc5)c4c3c2)c1. The van der Waals surface area contributed by atoms with Crippen molar-refractivity contribution in [2.24, 2.45) is 0 Å². The first-order valence-electron chi connectivity index (χ1n) is 13.2. The molecule has 0 bridgehead atoms. The Morgan fingerprint density at radius 1 is 0.425 bits per heavy atom. The molecule has 0 atom stereocenters. The summed E-state index contributed by atoms with van der Waals surface area (Å²) in [6, 6.07) is 53.1. The summed E-state index contributed by atoms with van der Waals surface area (Å²) in [6.45, 7) is 0. The van der Waals surface area contributed by atoms with Gasteiger partial charge in [0.05, 0.1) is 5.69 Å². The van der Waals surface area contributed by atoms with E-state index in [9.17, 15) is 0 Å². The highest BCUT2D eigenvalue weighted by Crippen LogP contribution is 2.46. The molecule has 0 unspecified atom stereocenters. The number of anilines is 6. The highest BCUT2D eigenvalue weighted by molar-refractivity contribution is 7.26. The molecule has 0 spiro atoms. The number of fused-ring (bicyclic) bond motifs is 3. The van der Waals surface area contributed by atoms with Gasteiger partial charge in [-0.05, 0) is 84.9 Å². The van der Waals surface area contributed by atoms with Gasteiger partial charge in [0.25, 0.3) is 0 Å². The first kappa shape index (κ1) is 24.5. The smallest absolute Gasteiger partial charge is 0.0554 e. The molecule has 1 heterocycles. The topological polar surface area (TPSA) is 6.48 Å². The van der Waals surface area contributed by atoms with E-state index >= 15 is 0 Å². The van der Waals surface area contributed by atoms with Crippen molar-refractivity contribution in [2.45, 2.75) is 0 Å². The predicted octanol–water partition coefficient (Wildman–Crippen LogP) is 11.6. The fourth-order valence-corrected chi connectivity index (χ4v) is 6.63. The van der Waals surface area contributed by atoms with Crippen molar-refractivity contribution in [3.8, 4) is 0 Å². The van der Waals surface area contributed by atoms with Gasteiger partial charge in [-0.3, -0.25) is 0 Å². The number of hydrogen-bond donors (Lipinski definition) is 0. The number of halogens is 1. The quantitative estimate of drug-likeness (QED) is 0.202. The second kappa shape index (κ2) is 10.5. The minimum Gasteiger partial charge on any atom is -0.310 e. The van der Waals surface area contributed by atoms with Crippen LogP contribution in [0.5, 0.6) is 0 Å². The van der Waals surface area contributed by atoms with E-state index < -0.39 is 0 Å². The zero-order valence-corrected chi connectivity index (χ0v) is 23.2. The number of thiophene rings is 1. The molecule has 0 aliphatic carbocycles. The molecule has 0 radical (unpaired) electrons. The minimum atomic E-state index is 0.712. The molecule has 4 heteroatoms. The Labute approximate surface area is 242 Å². The minimum absolute atomic E-state index is 0.712. The summed E-state index contributed by atoms with van der Waals surface area (Å²) >= 11 is 8.29. The zero-order valence-electron chi connectivity index (χ0n) is 21.6. The maximum atomic E-state index is 6.46. The van der Waals surface area contributed by atoms with Crippen LogP contribution in [0.1, 0.15) is 0 Å². The molecular weight excluding hydrogens is 528 g/mol. The van der Waals surface area contributed by atoms with Crippen LogP contribution >= 0.6 is 22.9 Å². The van der Waals surface area contributed by atoms with E-state index in [0.717, 1.165) is 34.1 Å². The Morgan fingerprint density at radius 3 is 1.60 bits per heavy atom. The van der Waals surface area contributed by atoms with Gasteiger partial charge in [0.15, 0.2) is 0 Å². The summed E-state index contributed by atoms with van der Waals surface area (Å²) in [5.41, 5.74) is 6.60. The number of nitrogens with zero attached hydrogens (tertiary/aromatic N) is 2. The first-order chi connectivity index (χ1) is 19.8. The van der Waals surface area contributed by atoms with E-state index in [1.165, 1.54) is 20.2 Å². The molecule has 0 saturated heterocycles. The van der Waals surface area contributed by atoms with Crippen molar-refractivity contribution < 1.29 is 0 Å². The van der Waals surface area contributed by atoms with Gasteiger partial charge < -0.3 is 9.80 Å². The van der Waals surface area contributed by atoms with Gasteiger partial charge in [-0.25, -0.2) is 0 Å². The Bertz CT molecular complexity index is 1880. The van der Waals surface area contributed by atoms with Crippen LogP contribution in [0.25, 0.3) is 20.2 Å². The molecule has 6 aromatic carbocycles. The molecule has 7 rings (SSSR count). The summed E-state index contributed by atoms with van der Waals surface area (Å²) in [5, 5.41) is 3.19. The molecule has 1 aromatic heterocycles. The molecule has 0 aliphatic rings. The maximum Gasteiger partial charge on any atom is 0.0554 e. The zero-order chi connectivity index (χ0) is 26.9. The summed E-state index contributed by atoms with van der Waals surface area (Å²) in [7, 11) is 0. The van der Waals surface area contributed by atoms with Crippen molar-refractivity contribution >= 4 is 77.2 Å². The fraction of sp³-hybridized carbons (Fsp3) is 0. The molecule has 2 nitrogen and oxygen atoms in total. The molecule has 0 amide bonds. The van der Waals surface area contributed by atoms with Gasteiger partial charge in [0.2, 0.25) is 0 Å². The van der Waals surface area contributed by atoms with E-state index in [-0.39, 0.29) is 0 Å². The summed E-state index contributed by atoms with van der Waals surface area (Å²) in [4.78, 5) is 4.62. The van der Waals surface area contributed by atoms with Gasteiger partial charge in [0.1, 0.15) is 0 Å². The number of hydrogen-bond acceptors (Lipinski definition) is 3. The van der Waals surface area contributed by atoms with Gasteiger partial charge in [-0.1, -0.05) is 78.3 Å². The second-order valence-corrected chi connectivity index (χ2v) is 11.1. The van der Waals surface area contributed by atoms with E-state index in [2.05, 4.69) is 137 Å². The molecule has 40 heavy (non-hydrogen) atoms. The van der Waals surface area contributed by atoms with Crippen molar-refractivity contribution in [3.05, 3.63) is 157 Å². The lowest BCUT2D eigenvalue weighted by Crippen LogP contribution is -2.10. The number of para-hydroxylation sites is 3. The van der Waals surface area contributed by atoms with E-state index in [1.807, 2.05) is 35.6 Å². The standard InChI is InChI=1S/C36H25ClN2S/c37-26-12-10-19-30(24-26)38(27-13-4-1-5-14-27)31-22-23-34-32(25-31)36-33(20-11-21-35(36)40-34)39(28-15-6-2-7-16-28)29-17-8-3-9-18-29/h1-25H. The van der Waals surface area contributed by atoms with Crippen LogP contribution in [0.3, 0.4) is 0 Å². The lowest BCUT2D eigenvalue weighted by atomic mass is 10.1. The summed E-state index contributed by atoms with van der Waals surface area (Å²) < 4.78 is 2.52. The Balaban J connectivity index is 1.48. The van der Waals surface area contributed by atoms with Crippen LogP contribution in [0.2, 0.25) is 5.02 Å². The fourth-order valence-electron chi connectivity index (χ4n) is 5.34. The maximum absolute atomic E-state index is 6.46. The van der Waals surface area contributed by atoms with Gasteiger partial charge in [-0.15, -0.1) is 11.3 Å². The van der Waals surface area contributed by atoms with Crippen LogP contribution in [0.4, 0.5) is 34.1 Å². The van der Waals surface area contributed by atoms with E-state index in [0.29, 0.717) is 5.02 Å². The van der Waals surface area contributed by atoms with Crippen LogP contribution in [0.15, 0.2) is 152 Å². The van der Waals surface area contributed by atoms with Crippen LogP contribution in [-0.4, -0.2) is 0 Å². The predicted molar refractivity (Wildman–Crippen MR) is 174 cm³/mol. The Kier molecular flexibility index (Phi) is 6.45. The second-order valence-electron chi connectivity index (χ2n) is 9.59. The molecule has 192 valence electrons. The van der Waals surface area contributed by atoms with Crippen molar-refractivity contribution in [1.82, 2.24) is 0 Å². The highest BCUT2D eigenvalue weighted by atomic mass is 35.5. The third-order valence-electron chi connectivity index (χ3n) is 7.07. The largest absolute Gasteiger partial charge is 0.310 e. The van der Waals surface area contributed by atoms with Crippen LogP contribution in [-0.2, 0) is 0 Å². The number of benzene rings is 6. The average molecular weight is 553 g/mol. The van der Waals surface area contributed by atoms with Crippen LogP contribution in [0, 0.1) is 0 Å². The molecule has 0 aliphatic heterocycles. The molecule has 0 fully saturated rings. The van der Waals surface area contributed by atoms with Crippen molar-refractivity contribution in [2.75, 3.05) is 9.80 Å². The van der Waals surface area contributed by atoms with Gasteiger partial charge >= 0.3 is 0 Å². The normalized spacial score (nSPS) is 11.1. The molecule has 7 aromatic rings. The molecular formula is C36H25ClN2S. The average Bonchev–Trinajstić information content (AvgIpc) is 3.38. The van der Waals surface area contributed by atoms with E-state index in [4.69, 9.17) is 11.6 Å². The highest BCUT2D eigenvalue weighted by Gasteiger charge is 2.20. The summed E-state index contributed by atoms with van der Waals surface area (Å²) in [5.74, 6) is 0. The first-order valence-corrected chi connectivity index (χ1v) is 14.4.